The quantitative estimate of drug-likeness (QED) is 0.746. The number of rotatable bonds is 3. The van der Waals surface area contributed by atoms with E-state index >= 15 is 0 Å². The van der Waals surface area contributed by atoms with Gasteiger partial charge < -0.3 is 11.1 Å². The molecule has 0 heterocycles. The van der Waals surface area contributed by atoms with Crippen molar-refractivity contribution in [1.82, 2.24) is 0 Å². The summed E-state index contributed by atoms with van der Waals surface area (Å²) in [6.07, 6.45) is 0. The number of carbonyl (C=O) groups is 1. The Morgan fingerprint density at radius 2 is 1.71 bits per heavy atom. The van der Waals surface area contributed by atoms with Crippen molar-refractivity contribution in [3.05, 3.63) is 53.1 Å². The molecule has 2 aromatic carbocycles. The average molecular weight is 326 g/mol. The van der Waals surface area contributed by atoms with Gasteiger partial charge in [-0.25, -0.2) is 13.6 Å². The molecule has 21 heavy (non-hydrogen) atoms. The van der Waals surface area contributed by atoms with Crippen LogP contribution in [0.3, 0.4) is 0 Å². The number of halogens is 1. The number of anilines is 2. The number of amides is 1. The average Bonchev–Trinajstić information content (AvgIpc) is 2.38. The Hall–Kier alpha value is -2.09. The van der Waals surface area contributed by atoms with Crippen LogP contribution in [0.1, 0.15) is 10.4 Å². The third-order valence-electron chi connectivity index (χ3n) is 2.71. The highest BCUT2D eigenvalue weighted by Gasteiger charge is 2.14. The summed E-state index contributed by atoms with van der Waals surface area (Å²) in [4.78, 5) is 12.1. The van der Waals surface area contributed by atoms with Gasteiger partial charge in [0.25, 0.3) is 5.91 Å². The summed E-state index contributed by atoms with van der Waals surface area (Å²) in [6, 6.07) is 10.2. The molecule has 0 aliphatic heterocycles. The van der Waals surface area contributed by atoms with Crippen molar-refractivity contribution < 1.29 is 13.2 Å². The van der Waals surface area contributed by atoms with E-state index in [2.05, 4.69) is 5.32 Å². The first kappa shape index (κ1) is 15.3. The van der Waals surface area contributed by atoms with Gasteiger partial charge in [-0.1, -0.05) is 17.7 Å². The summed E-state index contributed by atoms with van der Waals surface area (Å²) in [5.41, 5.74) is 6.52. The zero-order chi connectivity index (χ0) is 15.6. The molecule has 0 fully saturated rings. The van der Waals surface area contributed by atoms with E-state index in [9.17, 15) is 13.2 Å². The van der Waals surface area contributed by atoms with Crippen LogP contribution in [-0.2, 0) is 10.0 Å². The standard InChI is InChI=1S/C13H12ClN3O3S/c14-10-2-1-3-11(15)12(10)13(18)17-8-4-6-9(7-5-8)21(16,19)20/h1-7H,15H2,(H,17,18)(H2,16,19,20). The Bertz CT molecular complexity index is 769. The molecule has 0 atom stereocenters. The van der Waals surface area contributed by atoms with E-state index in [4.69, 9.17) is 22.5 Å². The Morgan fingerprint density at radius 3 is 2.24 bits per heavy atom. The second kappa shape index (κ2) is 5.72. The molecule has 6 nitrogen and oxygen atoms in total. The molecule has 2 rings (SSSR count). The topological polar surface area (TPSA) is 115 Å². The summed E-state index contributed by atoms with van der Waals surface area (Å²) < 4.78 is 22.3. The van der Waals surface area contributed by atoms with Gasteiger partial charge >= 0.3 is 0 Å². The molecule has 0 aliphatic rings. The van der Waals surface area contributed by atoms with Crippen molar-refractivity contribution in [3.8, 4) is 0 Å². The number of nitrogen functional groups attached to an aromatic ring is 1. The lowest BCUT2D eigenvalue weighted by Gasteiger charge is -2.09. The number of sulfonamides is 1. The molecule has 2 aromatic rings. The minimum atomic E-state index is -3.77. The fraction of sp³-hybridized carbons (Fsp3) is 0. The van der Waals surface area contributed by atoms with Gasteiger partial charge in [-0.3, -0.25) is 4.79 Å². The molecular formula is C13H12ClN3O3S. The number of primary sulfonamides is 1. The highest BCUT2D eigenvalue weighted by molar-refractivity contribution is 7.89. The minimum absolute atomic E-state index is 0.0437. The lowest BCUT2D eigenvalue weighted by molar-refractivity contribution is 0.102. The molecule has 0 saturated heterocycles. The van der Waals surface area contributed by atoms with E-state index in [0.29, 0.717) is 5.69 Å². The van der Waals surface area contributed by atoms with Crippen molar-refractivity contribution in [1.29, 1.82) is 0 Å². The molecule has 110 valence electrons. The molecule has 0 radical (unpaired) electrons. The van der Waals surface area contributed by atoms with Crippen molar-refractivity contribution in [2.75, 3.05) is 11.1 Å². The maximum atomic E-state index is 12.1. The first-order valence-corrected chi connectivity index (χ1v) is 7.69. The zero-order valence-corrected chi connectivity index (χ0v) is 12.3. The smallest absolute Gasteiger partial charge is 0.259 e. The minimum Gasteiger partial charge on any atom is -0.398 e. The van der Waals surface area contributed by atoms with E-state index in [1.165, 1.54) is 24.3 Å². The van der Waals surface area contributed by atoms with E-state index in [1.54, 1.807) is 18.2 Å². The van der Waals surface area contributed by atoms with E-state index < -0.39 is 15.9 Å². The third-order valence-corrected chi connectivity index (χ3v) is 3.96. The fourth-order valence-corrected chi connectivity index (χ4v) is 2.49. The summed E-state index contributed by atoms with van der Waals surface area (Å²) in [5, 5.41) is 7.80. The number of hydrogen-bond donors (Lipinski definition) is 3. The monoisotopic (exact) mass is 325 g/mol. The SMILES string of the molecule is Nc1cccc(Cl)c1C(=O)Nc1ccc(S(N)(=O)=O)cc1. The maximum Gasteiger partial charge on any atom is 0.259 e. The lowest BCUT2D eigenvalue weighted by atomic mass is 10.1. The molecule has 0 aromatic heterocycles. The number of benzene rings is 2. The molecule has 0 aliphatic carbocycles. The summed E-state index contributed by atoms with van der Waals surface area (Å²) in [6.45, 7) is 0. The van der Waals surface area contributed by atoms with Crippen molar-refractivity contribution in [2.45, 2.75) is 4.90 Å². The molecular weight excluding hydrogens is 314 g/mol. The predicted octanol–water partition coefficient (Wildman–Crippen LogP) is 1.82. The Kier molecular flexibility index (Phi) is 4.17. The first-order chi connectivity index (χ1) is 9.79. The molecule has 5 N–H and O–H groups in total. The van der Waals surface area contributed by atoms with Crippen LogP contribution in [0.5, 0.6) is 0 Å². The van der Waals surface area contributed by atoms with E-state index in [0.717, 1.165) is 0 Å². The molecule has 0 bridgehead atoms. The van der Waals surface area contributed by atoms with Crippen LogP contribution < -0.4 is 16.2 Å². The number of hydrogen-bond acceptors (Lipinski definition) is 4. The van der Waals surface area contributed by atoms with Crippen LogP contribution in [0, 0.1) is 0 Å². The molecule has 8 heteroatoms. The van der Waals surface area contributed by atoms with Gasteiger partial charge in [0, 0.05) is 11.4 Å². The van der Waals surface area contributed by atoms with E-state index in [1.807, 2.05) is 0 Å². The van der Waals surface area contributed by atoms with Crippen molar-refractivity contribution in [3.63, 3.8) is 0 Å². The number of nitrogens with one attached hydrogen (secondary N) is 1. The molecule has 0 unspecified atom stereocenters. The molecule has 0 saturated carbocycles. The van der Waals surface area contributed by atoms with Crippen LogP contribution >= 0.6 is 11.6 Å². The van der Waals surface area contributed by atoms with Gasteiger partial charge in [0.2, 0.25) is 10.0 Å². The van der Waals surface area contributed by atoms with Crippen molar-refractivity contribution in [2.24, 2.45) is 5.14 Å². The Labute approximate surface area is 126 Å². The largest absolute Gasteiger partial charge is 0.398 e. The second-order valence-corrected chi connectivity index (χ2v) is 6.20. The van der Waals surface area contributed by atoms with Crippen LogP contribution in [0.4, 0.5) is 11.4 Å². The number of carbonyl (C=O) groups excluding carboxylic acids is 1. The summed E-state index contributed by atoms with van der Waals surface area (Å²) in [5.74, 6) is -0.485. The predicted molar refractivity (Wildman–Crippen MR) is 81.6 cm³/mol. The highest BCUT2D eigenvalue weighted by atomic mass is 35.5. The lowest BCUT2D eigenvalue weighted by Crippen LogP contribution is -2.15. The maximum absolute atomic E-state index is 12.1. The second-order valence-electron chi connectivity index (χ2n) is 4.23. The van der Waals surface area contributed by atoms with Crippen LogP contribution in [0.25, 0.3) is 0 Å². The summed E-state index contributed by atoms with van der Waals surface area (Å²) >= 11 is 5.94. The van der Waals surface area contributed by atoms with Crippen molar-refractivity contribution >= 4 is 38.9 Å². The highest BCUT2D eigenvalue weighted by Crippen LogP contribution is 2.23. The van der Waals surface area contributed by atoms with Gasteiger partial charge in [-0.2, -0.15) is 0 Å². The molecule has 1 amide bonds. The molecule has 0 spiro atoms. The van der Waals surface area contributed by atoms with Gasteiger partial charge in [-0.05, 0) is 36.4 Å². The Balaban J connectivity index is 2.24. The Morgan fingerprint density at radius 1 is 1.10 bits per heavy atom. The normalized spacial score (nSPS) is 11.1. The summed E-state index contributed by atoms with van der Waals surface area (Å²) in [7, 11) is -3.77. The van der Waals surface area contributed by atoms with E-state index in [-0.39, 0.29) is 21.2 Å². The van der Waals surface area contributed by atoms with Gasteiger partial charge in [-0.15, -0.1) is 0 Å². The van der Waals surface area contributed by atoms with Crippen LogP contribution in [-0.4, -0.2) is 14.3 Å². The van der Waals surface area contributed by atoms with Crippen LogP contribution in [0.15, 0.2) is 47.4 Å². The van der Waals surface area contributed by atoms with Crippen LogP contribution in [0.2, 0.25) is 5.02 Å². The number of nitrogens with two attached hydrogens (primary N) is 2. The van der Waals surface area contributed by atoms with Gasteiger partial charge in [0.1, 0.15) is 0 Å². The first-order valence-electron chi connectivity index (χ1n) is 5.77. The van der Waals surface area contributed by atoms with Gasteiger partial charge in [0.15, 0.2) is 0 Å². The third kappa shape index (κ3) is 3.52. The fourth-order valence-electron chi connectivity index (χ4n) is 1.70. The zero-order valence-electron chi connectivity index (χ0n) is 10.7. The van der Waals surface area contributed by atoms with Gasteiger partial charge in [0.05, 0.1) is 15.5 Å².